The zero-order chi connectivity index (χ0) is 14.9. The fourth-order valence-electron chi connectivity index (χ4n) is 2.81. The van der Waals surface area contributed by atoms with Crippen LogP contribution in [0.1, 0.15) is 42.6 Å². The third-order valence-electron chi connectivity index (χ3n) is 3.41. The topological polar surface area (TPSA) is 80.7 Å². The molecule has 0 radical (unpaired) electrons. The van der Waals surface area contributed by atoms with Crippen molar-refractivity contribution >= 4 is 5.91 Å². The summed E-state index contributed by atoms with van der Waals surface area (Å²) in [5.74, 6) is 5.71. The first kappa shape index (κ1) is 15.0. The standard InChI is InChI=1S/C14H23N3O3/c1-9-6-17(8-14(3,4)20-9)7-11-5-12(13(18)16-15)19-10(11)2/h5,9H,6-8,15H2,1-4H3,(H,16,18). The number of hydrazine groups is 1. The molecule has 2 heterocycles. The van der Waals surface area contributed by atoms with Gasteiger partial charge >= 0.3 is 5.91 Å². The first-order valence-electron chi connectivity index (χ1n) is 6.81. The van der Waals surface area contributed by atoms with E-state index in [0.29, 0.717) is 0 Å². The number of furan rings is 1. The Morgan fingerprint density at radius 2 is 2.30 bits per heavy atom. The van der Waals surface area contributed by atoms with Gasteiger partial charge in [-0.15, -0.1) is 0 Å². The second-order valence-corrected chi connectivity index (χ2v) is 6.02. The number of nitrogens with two attached hydrogens (primary N) is 1. The molecule has 6 nitrogen and oxygen atoms in total. The highest BCUT2D eigenvalue weighted by Crippen LogP contribution is 2.24. The van der Waals surface area contributed by atoms with Crippen molar-refractivity contribution in [2.24, 2.45) is 5.84 Å². The number of nitrogen functional groups attached to an aromatic ring is 1. The summed E-state index contributed by atoms with van der Waals surface area (Å²) in [6, 6.07) is 1.75. The minimum atomic E-state index is -0.407. The Bertz CT molecular complexity index is 496. The first-order chi connectivity index (χ1) is 9.30. The van der Waals surface area contributed by atoms with Crippen molar-refractivity contribution in [3.8, 4) is 0 Å². The van der Waals surface area contributed by atoms with Crippen LogP contribution < -0.4 is 11.3 Å². The van der Waals surface area contributed by atoms with E-state index < -0.39 is 5.91 Å². The van der Waals surface area contributed by atoms with E-state index in [1.165, 1.54) is 0 Å². The summed E-state index contributed by atoms with van der Waals surface area (Å²) in [6.45, 7) is 10.6. The van der Waals surface area contributed by atoms with Gasteiger partial charge in [-0.25, -0.2) is 5.84 Å². The number of hydrogen-bond acceptors (Lipinski definition) is 5. The van der Waals surface area contributed by atoms with Crippen LogP contribution in [0.15, 0.2) is 10.5 Å². The summed E-state index contributed by atoms with van der Waals surface area (Å²) in [7, 11) is 0. The predicted octanol–water partition coefficient (Wildman–Crippen LogP) is 1.19. The third-order valence-corrected chi connectivity index (χ3v) is 3.41. The lowest BCUT2D eigenvalue weighted by molar-refractivity contribution is -0.130. The molecule has 0 spiro atoms. The van der Waals surface area contributed by atoms with Crippen LogP contribution in [0.2, 0.25) is 0 Å². The lowest BCUT2D eigenvalue weighted by atomic mass is 10.0. The van der Waals surface area contributed by atoms with Crippen molar-refractivity contribution in [2.45, 2.75) is 45.9 Å². The van der Waals surface area contributed by atoms with Crippen molar-refractivity contribution in [1.29, 1.82) is 0 Å². The molecule has 1 aliphatic heterocycles. The van der Waals surface area contributed by atoms with Crippen LogP contribution in [0.3, 0.4) is 0 Å². The number of ether oxygens (including phenoxy) is 1. The van der Waals surface area contributed by atoms with E-state index in [1.54, 1.807) is 6.07 Å². The van der Waals surface area contributed by atoms with E-state index in [2.05, 4.69) is 31.1 Å². The van der Waals surface area contributed by atoms with Gasteiger partial charge in [-0.2, -0.15) is 0 Å². The molecule has 112 valence electrons. The Morgan fingerprint density at radius 1 is 1.60 bits per heavy atom. The second kappa shape index (κ2) is 5.55. The summed E-state index contributed by atoms with van der Waals surface area (Å²) >= 11 is 0. The van der Waals surface area contributed by atoms with Crippen molar-refractivity contribution in [3.05, 3.63) is 23.2 Å². The van der Waals surface area contributed by atoms with E-state index in [-0.39, 0.29) is 17.5 Å². The monoisotopic (exact) mass is 281 g/mol. The summed E-state index contributed by atoms with van der Waals surface area (Å²) in [6.07, 6.45) is 0.192. The molecular weight excluding hydrogens is 258 g/mol. The number of aryl methyl sites for hydroxylation is 1. The molecule has 0 bridgehead atoms. The SMILES string of the molecule is Cc1oc(C(=O)NN)cc1CN1CC(C)OC(C)(C)C1. The zero-order valence-electron chi connectivity index (χ0n) is 12.5. The molecule has 6 heteroatoms. The lowest BCUT2D eigenvalue weighted by Gasteiger charge is -2.41. The van der Waals surface area contributed by atoms with Gasteiger partial charge in [0.05, 0.1) is 11.7 Å². The quantitative estimate of drug-likeness (QED) is 0.494. The number of hydrogen-bond donors (Lipinski definition) is 2. The Kier molecular flexibility index (Phi) is 4.17. The van der Waals surface area contributed by atoms with Crippen molar-refractivity contribution < 1.29 is 13.9 Å². The van der Waals surface area contributed by atoms with Crippen molar-refractivity contribution in [2.75, 3.05) is 13.1 Å². The van der Waals surface area contributed by atoms with Crippen LogP contribution in [-0.2, 0) is 11.3 Å². The molecule has 0 saturated carbocycles. The normalized spacial score (nSPS) is 22.8. The van der Waals surface area contributed by atoms with E-state index in [0.717, 1.165) is 31.0 Å². The highest BCUT2D eigenvalue weighted by molar-refractivity contribution is 5.91. The van der Waals surface area contributed by atoms with Crippen LogP contribution in [0.4, 0.5) is 0 Å². The van der Waals surface area contributed by atoms with E-state index in [1.807, 2.05) is 6.92 Å². The van der Waals surface area contributed by atoms with Gasteiger partial charge in [-0.3, -0.25) is 15.1 Å². The van der Waals surface area contributed by atoms with Crippen LogP contribution >= 0.6 is 0 Å². The van der Waals surface area contributed by atoms with E-state index in [4.69, 9.17) is 15.0 Å². The third kappa shape index (κ3) is 3.39. The van der Waals surface area contributed by atoms with Crippen LogP contribution in [-0.4, -0.2) is 35.6 Å². The number of carbonyl (C=O) groups excluding carboxylic acids is 1. The van der Waals surface area contributed by atoms with Gasteiger partial charge in [0, 0.05) is 25.2 Å². The Balaban J connectivity index is 2.10. The number of rotatable bonds is 3. The summed E-state index contributed by atoms with van der Waals surface area (Å²) in [5, 5.41) is 0. The fourth-order valence-corrected chi connectivity index (χ4v) is 2.81. The summed E-state index contributed by atoms with van der Waals surface area (Å²) < 4.78 is 11.3. The molecule has 1 aliphatic rings. The predicted molar refractivity (Wildman–Crippen MR) is 75.0 cm³/mol. The summed E-state index contributed by atoms with van der Waals surface area (Å²) in [4.78, 5) is 13.8. The summed E-state index contributed by atoms with van der Waals surface area (Å²) in [5.41, 5.74) is 2.93. The number of nitrogens with zero attached hydrogens (tertiary/aromatic N) is 1. The van der Waals surface area contributed by atoms with Crippen molar-refractivity contribution in [1.82, 2.24) is 10.3 Å². The van der Waals surface area contributed by atoms with Gasteiger partial charge in [-0.05, 0) is 33.8 Å². The van der Waals surface area contributed by atoms with E-state index in [9.17, 15) is 4.79 Å². The molecule has 0 aromatic carbocycles. The molecule has 1 atom stereocenters. The molecule has 1 amide bonds. The Morgan fingerprint density at radius 3 is 2.90 bits per heavy atom. The maximum absolute atomic E-state index is 11.5. The maximum atomic E-state index is 11.5. The fraction of sp³-hybridized carbons (Fsp3) is 0.643. The molecule has 1 aromatic heterocycles. The zero-order valence-corrected chi connectivity index (χ0v) is 12.5. The van der Waals surface area contributed by atoms with Gasteiger partial charge in [0.15, 0.2) is 5.76 Å². The molecule has 1 fully saturated rings. The van der Waals surface area contributed by atoms with Gasteiger partial charge in [0.1, 0.15) is 5.76 Å². The Labute approximate surface area is 119 Å². The number of carbonyl (C=O) groups is 1. The largest absolute Gasteiger partial charge is 0.456 e. The minimum Gasteiger partial charge on any atom is -0.456 e. The Hall–Kier alpha value is -1.37. The highest BCUT2D eigenvalue weighted by Gasteiger charge is 2.31. The second-order valence-electron chi connectivity index (χ2n) is 6.02. The first-order valence-corrected chi connectivity index (χ1v) is 6.81. The average molecular weight is 281 g/mol. The van der Waals surface area contributed by atoms with Crippen LogP contribution in [0.5, 0.6) is 0 Å². The smallest absolute Gasteiger partial charge is 0.300 e. The molecular formula is C14H23N3O3. The molecule has 3 N–H and O–H groups in total. The van der Waals surface area contributed by atoms with Crippen molar-refractivity contribution in [3.63, 3.8) is 0 Å². The molecule has 1 saturated heterocycles. The van der Waals surface area contributed by atoms with Gasteiger partial charge in [0.25, 0.3) is 0 Å². The highest BCUT2D eigenvalue weighted by atomic mass is 16.5. The van der Waals surface area contributed by atoms with Crippen LogP contribution in [0, 0.1) is 6.92 Å². The van der Waals surface area contributed by atoms with Crippen LogP contribution in [0.25, 0.3) is 0 Å². The number of morpholine rings is 1. The van der Waals surface area contributed by atoms with Gasteiger partial charge < -0.3 is 9.15 Å². The van der Waals surface area contributed by atoms with Gasteiger partial charge in [-0.1, -0.05) is 0 Å². The number of nitrogens with one attached hydrogen (secondary N) is 1. The van der Waals surface area contributed by atoms with Gasteiger partial charge in [0.2, 0.25) is 0 Å². The molecule has 2 rings (SSSR count). The maximum Gasteiger partial charge on any atom is 0.300 e. The molecule has 0 aliphatic carbocycles. The minimum absolute atomic E-state index is 0.160. The van der Waals surface area contributed by atoms with E-state index >= 15 is 0 Å². The molecule has 20 heavy (non-hydrogen) atoms. The average Bonchev–Trinajstić information content (AvgIpc) is 2.67. The number of amides is 1. The molecule has 1 aromatic rings. The molecule has 1 unspecified atom stereocenters. The lowest BCUT2D eigenvalue weighted by Crippen LogP contribution is -2.51.